The first-order chi connectivity index (χ1) is 7.91. The molecule has 4 nitrogen and oxygen atoms in total. The molecule has 6 heteroatoms. The van der Waals surface area contributed by atoms with Gasteiger partial charge in [0.1, 0.15) is 6.10 Å². The van der Waals surface area contributed by atoms with Crippen LogP contribution in [-0.2, 0) is 4.79 Å². The van der Waals surface area contributed by atoms with Gasteiger partial charge in [-0.05, 0) is 18.2 Å². The minimum Gasteiger partial charge on any atom is -0.399 e. The summed E-state index contributed by atoms with van der Waals surface area (Å²) >= 11 is 6.85. The fourth-order valence-corrected chi connectivity index (χ4v) is 2.11. The molecule has 0 fully saturated rings. The second-order valence-electron chi connectivity index (χ2n) is 3.60. The van der Waals surface area contributed by atoms with Crippen LogP contribution in [0.25, 0.3) is 0 Å². The van der Waals surface area contributed by atoms with E-state index in [0.717, 1.165) is 11.8 Å². The number of aliphatic hydroxyl groups excluding tert-OH is 2. The summed E-state index contributed by atoms with van der Waals surface area (Å²) in [5.74, 6) is 0.113. The van der Waals surface area contributed by atoms with Crippen molar-refractivity contribution in [3.8, 4) is 0 Å². The van der Waals surface area contributed by atoms with Crippen molar-refractivity contribution in [3.63, 3.8) is 0 Å². The maximum Gasteiger partial charge on any atom is 0.185 e. The van der Waals surface area contributed by atoms with E-state index in [0.29, 0.717) is 16.3 Å². The van der Waals surface area contributed by atoms with Crippen LogP contribution in [0, 0.1) is 0 Å². The van der Waals surface area contributed by atoms with Crippen LogP contribution < -0.4 is 5.73 Å². The second kappa shape index (κ2) is 6.26. The first-order valence-electron chi connectivity index (χ1n) is 4.96. The molecule has 0 saturated heterocycles. The molecule has 0 saturated carbocycles. The van der Waals surface area contributed by atoms with Crippen molar-refractivity contribution in [2.75, 3.05) is 11.5 Å². The highest BCUT2D eigenvalue weighted by atomic mass is 35.5. The van der Waals surface area contributed by atoms with Crippen molar-refractivity contribution in [1.82, 2.24) is 0 Å². The van der Waals surface area contributed by atoms with E-state index in [9.17, 15) is 15.0 Å². The van der Waals surface area contributed by atoms with E-state index in [2.05, 4.69) is 0 Å². The SMILES string of the molecule is CC(=O)SCC(O)C(O)c1cc(N)ccc1Cl. The van der Waals surface area contributed by atoms with Crippen LogP contribution in [0.15, 0.2) is 18.2 Å². The van der Waals surface area contributed by atoms with Gasteiger partial charge in [-0.15, -0.1) is 0 Å². The van der Waals surface area contributed by atoms with Crippen LogP contribution in [0.4, 0.5) is 5.69 Å². The normalized spacial score (nSPS) is 14.4. The Kier molecular flexibility index (Phi) is 5.27. The second-order valence-corrected chi connectivity index (χ2v) is 5.20. The summed E-state index contributed by atoms with van der Waals surface area (Å²) < 4.78 is 0. The highest BCUT2D eigenvalue weighted by Gasteiger charge is 2.21. The van der Waals surface area contributed by atoms with Gasteiger partial charge in [-0.1, -0.05) is 23.4 Å². The third kappa shape index (κ3) is 4.20. The monoisotopic (exact) mass is 275 g/mol. The molecule has 1 aromatic carbocycles. The Morgan fingerprint density at radius 2 is 2.18 bits per heavy atom. The molecule has 0 aliphatic carbocycles. The Hall–Kier alpha value is -0.750. The summed E-state index contributed by atoms with van der Waals surface area (Å²) in [6, 6.07) is 4.67. The summed E-state index contributed by atoms with van der Waals surface area (Å²) in [5, 5.41) is 19.8. The van der Waals surface area contributed by atoms with Crippen molar-refractivity contribution < 1.29 is 15.0 Å². The predicted octanol–water partition coefficient (Wildman–Crippen LogP) is 1.60. The molecule has 2 atom stereocenters. The molecular formula is C11H14ClNO3S. The maximum absolute atomic E-state index is 10.8. The van der Waals surface area contributed by atoms with Gasteiger partial charge in [0, 0.05) is 29.0 Å². The molecule has 1 rings (SSSR count). The molecule has 4 N–H and O–H groups in total. The lowest BCUT2D eigenvalue weighted by atomic mass is 10.0. The van der Waals surface area contributed by atoms with Crippen LogP contribution in [0.2, 0.25) is 5.02 Å². The van der Waals surface area contributed by atoms with Crippen LogP contribution in [0.1, 0.15) is 18.6 Å². The Morgan fingerprint density at radius 1 is 1.53 bits per heavy atom. The molecule has 94 valence electrons. The third-order valence-electron chi connectivity index (χ3n) is 2.16. The molecule has 2 unspecified atom stereocenters. The van der Waals surface area contributed by atoms with E-state index in [-0.39, 0.29) is 10.9 Å². The third-order valence-corrected chi connectivity index (χ3v) is 3.42. The van der Waals surface area contributed by atoms with E-state index < -0.39 is 12.2 Å². The van der Waals surface area contributed by atoms with Gasteiger partial charge in [0.15, 0.2) is 5.12 Å². The molecule has 0 aliphatic heterocycles. The largest absolute Gasteiger partial charge is 0.399 e. The lowest BCUT2D eigenvalue weighted by Crippen LogP contribution is -2.21. The average Bonchev–Trinajstić information content (AvgIpc) is 2.28. The molecule has 0 spiro atoms. The molecule has 0 aromatic heterocycles. The molecule has 1 aromatic rings. The fourth-order valence-electron chi connectivity index (χ4n) is 1.29. The standard InChI is InChI=1S/C11H14ClNO3S/c1-6(14)17-5-10(15)11(16)8-4-7(13)2-3-9(8)12/h2-4,10-11,15-16H,5,13H2,1H3. The molecule has 0 aliphatic rings. The van der Waals surface area contributed by atoms with E-state index in [1.54, 1.807) is 12.1 Å². The summed E-state index contributed by atoms with van der Waals surface area (Å²) in [7, 11) is 0. The van der Waals surface area contributed by atoms with E-state index in [4.69, 9.17) is 17.3 Å². The number of benzene rings is 1. The Labute approximate surface area is 109 Å². The number of hydrogen-bond donors (Lipinski definition) is 3. The lowest BCUT2D eigenvalue weighted by molar-refractivity contribution is -0.109. The highest BCUT2D eigenvalue weighted by molar-refractivity contribution is 8.13. The quantitative estimate of drug-likeness (QED) is 0.727. The average molecular weight is 276 g/mol. The zero-order chi connectivity index (χ0) is 13.0. The number of carbonyl (C=O) groups excluding carboxylic acids is 1. The topological polar surface area (TPSA) is 83.5 Å². The van der Waals surface area contributed by atoms with Crippen molar-refractivity contribution >= 4 is 34.2 Å². The highest BCUT2D eigenvalue weighted by Crippen LogP contribution is 2.28. The van der Waals surface area contributed by atoms with Gasteiger partial charge >= 0.3 is 0 Å². The van der Waals surface area contributed by atoms with Gasteiger partial charge in [-0.2, -0.15) is 0 Å². The number of carbonyl (C=O) groups is 1. The van der Waals surface area contributed by atoms with E-state index >= 15 is 0 Å². The van der Waals surface area contributed by atoms with Crippen LogP contribution >= 0.6 is 23.4 Å². The van der Waals surface area contributed by atoms with Crippen molar-refractivity contribution in [1.29, 1.82) is 0 Å². The number of nitrogens with two attached hydrogens (primary N) is 1. The Balaban J connectivity index is 2.77. The van der Waals surface area contributed by atoms with Crippen LogP contribution in [0.5, 0.6) is 0 Å². The van der Waals surface area contributed by atoms with Crippen LogP contribution in [0.3, 0.4) is 0 Å². The first-order valence-corrected chi connectivity index (χ1v) is 6.32. The molecule has 17 heavy (non-hydrogen) atoms. The number of rotatable bonds is 4. The van der Waals surface area contributed by atoms with Crippen molar-refractivity contribution in [2.45, 2.75) is 19.1 Å². The first kappa shape index (κ1) is 14.3. The van der Waals surface area contributed by atoms with Crippen LogP contribution in [-0.4, -0.2) is 27.2 Å². The molecule has 0 bridgehead atoms. The Morgan fingerprint density at radius 3 is 2.76 bits per heavy atom. The fraction of sp³-hybridized carbons (Fsp3) is 0.364. The summed E-state index contributed by atoms with van der Waals surface area (Å²) in [6.45, 7) is 1.40. The maximum atomic E-state index is 10.8. The van der Waals surface area contributed by atoms with E-state index in [1.807, 2.05) is 0 Å². The number of hydrogen-bond acceptors (Lipinski definition) is 5. The number of anilines is 1. The van der Waals surface area contributed by atoms with Gasteiger partial charge in [0.2, 0.25) is 0 Å². The summed E-state index contributed by atoms with van der Waals surface area (Å²) in [4.78, 5) is 10.8. The van der Waals surface area contributed by atoms with Gasteiger partial charge in [0.05, 0.1) is 6.10 Å². The van der Waals surface area contributed by atoms with Gasteiger partial charge in [-0.3, -0.25) is 4.79 Å². The minimum atomic E-state index is -1.15. The smallest absolute Gasteiger partial charge is 0.185 e. The zero-order valence-electron chi connectivity index (χ0n) is 9.26. The lowest BCUT2D eigenvalue weighted by Gasteiger charge is -2.18. The molecule has 0 radical (unpaired) electrons. The van der Waals surface area contributed by atoms with Gasteiger partial charge in [-0.25, -0.2) is 0 Å². The zero-order valence-corrected chi connectivity index (χ0v) is 10.8. The Bertz CT molecular complexity index is 414. The molecular weight excluding hydrogens is 262 g/mol. The van der Waals surface area contributed by atoms with Gasteiger partial charge in [0.25, 0.3) is 0 Å². The number of halogens is 1. The molecule has 0 amide bonds. The van der Waals surface area contributed by atoms with Gasteiger partial charge < -0.3 is 15.9 Å². The number of aliphatic hydroxyl groups is 2. The number of thioether (sulfide) groups is 1. The summed E-state index contributed by atoms with van der Waals surface area (Å²) in [6.07, 6.45) is -2.22. The van der Waals surface area contributed by atoms with Crippen molar-refractivity contribution in [2.24, 2.45) is 0 Å². The van der Waals surface area contributed by atoms with Crippen molar-refractivity contribution in [3.05, 3.63) is 28.8 Å². The minimum absolute atomic E-state index is 0.113. The number of nitrogen functional groups attached to an aromatic ring is 1. The van der Waals surface area contributed by atoms with E-state index in [1.165, 1.54) is 13.0 Å². The predicted molar refractivity (Wildman–Crippen MR) is 70.0 cm³/mol. The molecule has 0 heterocycles. The summed E-state index contributed by atoms with van der Waals surface area (Å²) in [5.41, 5.74) is 6.39.